The molecule has 0 spiro atoms. The number of fused-ring (bicyclic) bond motifs is 1. The summed E-state index contributed by atoms with van der Waals surface area (Å²) >= 11 is 0. The monoisotopic (exact) mass is 408 g/mol. The number of ether oxygens (including phenoxy) is 1. The molecule has 0 unspecified atom stereocenters. The second-order valence-electron chi connectivity index (χ2n) is 7.50. The molecule has 1 amide bonds. The Bertz CT molecular complexity index is 868. The normalized spacial score (nSPS) is 23.1. The summed E-state index contributed by atoms with van der Waals surface area (Å²) in [5, 5.41) is 4.00. The van der Waals surface area contributed by atoms with Crippen LogP contribution in [0.1, 0.15) is 23.7 Å². The quantitative estimate of drug-likeness (QED) is 0.784. The minimum atomic E-state index is -4.41. The van der Waals surface area contributed by atoms with Crippen LogP contribution in [-0.2, 0) is 16.1 Å². The number of amides is 1. The molecule has 1 aromatic heterocycles. The van der Waals surface area contributed by atoms with Gasteiger partial charge in [0.1, 0.15) is 11.9 Å². The Kier molecular flexibility index (Phi) is 5.35. The number of halogens is 3. The first-order valence-electron chi connectivity index (χ1n) is 9.65. The molecule has 2 aromatic rings. The molecule has 0 aliphatic carbocycles. The maximum atomic E-state index is 13.4. The van der Waals surface area contributed by atoms with Gasteiger partial charge in [-0.25, -0.2) is 4.68 Å². The first kappa shape index (κ1) is 19.9. The van der Waals surface area contributed by atoms with E-state index in [4.69, 9.17) is 4.74 Å². The zero-order valence-corrected chi connectivity index (χ0v) is 16.1. The van der Waals surface area contributed by atoms with Crippen LogP contribution in [0.3, 0.4) is 0 Å². The average molecular weight is 408 g/mol. The van der Waals surface area contributed by atoms with Crippen LogP contribution in [0.15, 0.2) is 36.4 Å². The van der Waals surface area contributed by atoms with Crippen molar-refractivity contribution in [2.75, 3.05) is 31.1 Å². The largest absolute Gasteiger partial charge is 0.410 e. The molecule has 2 aliphatic rings. The maximum absolute atomic E-state index is 13.4. The van der Waals surface area contributed by atoms with Crippen LogP contribution >= 0.6 is 0 Å². The summed E-state index contributed by atoms with van der Waals surface area (Å²) in [7, 11) is 0. The van der Waals surface area contributed by atoms with Crippen molar-refractivity contribution >= 4 is 11.7 Å². The van der Waals surface area contributed by atoms with Gasteiger partial charge in [-0.05, 0) is 18.9 Å². The Hall–Kier alpha value is -2.39. The van der Waals surface area contributed by atoms with Gasteiger partial charge in [-0.2, -0.15) is 18.3 Å². The van der Waals surface area contributed by atoms with Crippen LogP contribution in [0.2, 0.25) is 0 Å². The second-order valence-corrected chi connectivity index (χ2v) is 7.50. The van der Waals surface area contributed by atoms with Crippen LogP contribution in [0.4, 0.5) is 19.0 Å². The number of benzene rings is 1. The van der Waals surface area contributed by atoms with E-state index in [9.17, 15) is 18.0 Å². The van der Waals surface area contributed by atoms with E-state index < -0.39 is 18.3 Å². The molecule has 0 bridgehead atoms. The van der Waals surface area contributed by atoms with Gasteiger partial charge in [0.05, 0.1) is 12.3 Å². The molecule has 6 nitrogen and oxygen atoms in total. The molecular formula is C20H23F3N4O2. The van der Waals surface area contributed by atoms with Gasteiger partial charge < -0.3 is 4.74 Å². The Morgan fingerprint density at radius 1 is 1.24 bits per heavy atom. The van der Waals surface area contributed by atoms with Crippen molar-refractivity contribution < 1.29 is 22.7 Å². The Labute approximate surface area is 166 Å². The Balaban J connectivity index is 1.50. The van der Waals surface area contributed by atoms with Crippen molar-refractivity contribution in [3.63, 3.8) is 0 Å². The van der Waals surface area contributed by atoms with Crippen LogP contribution in [0.5, 0.6) is 0 Å². The number of rotatable bonds is 3. The lowest BCUT2D eigenvalue weighted by Gasteiger charge is -2.38. The highest BCUT2D eigenvalue weighted by Gasteiger charge is 2.47. The fourth-order valence-corrected chi connectivity index (χ4v) is 3.96. The fourth-order valence-electron chi connectivity index (χ4n) is 3.96. The standard InChI is InChI=1S/C20H23F3N4O2/c1-14-11-18-26(8-7-17(20(21,22)23)27(18)24-14)19(28)16-13-25(9-10-29-16)12-15-5-3-2-4-6-15/h2-6,11,16-17H,7-10,12-13H2,1H3/t16-,17+/m0/s1. The van der Waals surface area contributed by atoms with Gasteiger partial charge in [0.25, 0.3) is 5.91 Å². The third-order valence-electron chi connectivity index (χ3n) is 5.35. The van der Waals surface area contributed by atoms with Gasteiger partial charge >= 0.3 is 6.18 Å². The molecule has 2 aliphatic heterocycles. The van der Waals surface area contributed by atoms with Gasteiger partial charge in [0.15, 0.2) is 6.04 Å². The average Bonchev–Trinajstić information content (AvgIpc) is 3.08. The van der Waals surface area contributed by atoms with E-state index in [1.165, 1.54) is 11.0 Å². The first-order valence-corrected chi connectivity index (χ1v) is 9.65. The van der Waals surface area contributed by atoms with Gasteiger partial charge in [-0.3, -0.25) is 14.6 Å². The van der Waals surface area contributed by atoms with Crippen molar-refractivity contribution in [2.24, 2.45) is 0 Å². The molecule has 156 valence electrons. The van der Waals surface area contributed by atoms with E-state index in [1.807, 2.05) is 30.3 Å². The van der Waals surface area contributed by atoms with E-state index in [-0.39, 0.29) is 24.7 Å². The van der Waals surface area contributed by atoms with Crippen molar-refractivity contribution in [1.82, 2.24) is 14.7 Å². The number of carbonyl (C=O) groups is 1. The van der Waals surface area contributed by atoms with Crippen molar-refractivity contribution in [3.05, 3.63) is 47.7 Å². The maximum Gasteiger partial charge on any atom is 0.410 e. The molecule has 2 atom stereocenters. The summed E-state index contributed by atoms with van der Waals surface area (Å²) in [6, 6.07) is 9.74. The van der Waals surface area contributed by atoms with E-state index in [0.717, 1.165) is 10.2 Å². The molecule has 0 N–H and O–H groups in total. The smallest absolute Gasteiger partial charge is 0.366 e. The number of hydrogen-bond acceptors (Lipinski definition) is 4. The van der Waals surface area contributed by atoms with E-state index in [0.29, 0.717) is 31.9 Å². The van der Waals surface area contributed by atoms with Crippen molar-refractivity contribution in [2.45, 2.75) is 38.2 Å². The number of nitrogens with zero attached hydrogens (tertiary/aromatic N) is 4. The van der Waals surface area contributed by atoms with Gasteiger partial charge in [0, 0.05) is 32.2 Å². The van der Waals surface area contributed by atoms with Crippen molar-refractivity contribution in [3.8, 4) is 0 Å². The number of anilines is 1. The summed E-state index contributed by atoms with van der Waals surface area (Å²) in [6.45, 7) is 3.82. The molecule has 9 heteroatoms. The topological polar surface area (TPSA) is 50.6 Å². The number of morpholine rings is 1. The minimum absolute atomic E-state index is 0.00725. The summed E-state index contributed by atoms with van der Waals surface area (Å²) < 4.78 is 46.7. The summed E-state index contributed by atoms with van der Waals surface area (Å²) in [5.74, 6) is -0.130. The van der Waals surface area contributed by atoms with E-state index in [2.05, 4.69) is 10.00 Å². The highest BCUT2D eigenvalue weighted by atomic mass is 19.4. The molecule has 29 heavy (non-hydrogen) atoms. The molecular weight excluding hydrogens is 385 g/mol. The third kappa shape index (κ3) is 4.16. The molecule has 3 heterocycles. The summed E-state index contributed by atoms with van der Waals surface area (Å²) in [5.41, 5.74) is 1.59. The van der Waals surface area contributed by atoms with Crippen LogP contribution in [0.25, 0.3) is 0 Å². The van der Waals surface area contributed by atoms with Gasteiger partial charge in [-0.15, -0.1) is 0 Å². The zero-order valence-electron chi connectivity index (χ0n) is 16.1. The third-order valence-corrected chi connectivity index (χ3v) is 5.35. The number of aryl methyl sites for hydroxylation is 1. The van der Waals surface area contributed by atoms with E-state index in [1.54, 1.807) is 6.92 Å². The lowest BCUT2D eigenvalue weighted by molar-refractivity contribution is -0.173. The number of carbonyl (C=O) groups excluding carboxylic acids is 1. The predicted octanol–water partition coefficient (Wildman–Crippen LogP) is 2.93. The van der Waals surface area contributed by atoms with E-state index >= 15 is 0 Å². The number of alkyl halides is 3. The molecule has 4 rings (SSSR count). The van der Waals surface area contributed by atoms with Gasteiger partial charge in [0.2, 0.25) is 0 Å². The molecule has 1 saturated heterocycles. The summed E-state index contributed by atoms with van der Waals surface area (Å²) in [4.78, 5) is 16.7. The van der Waals surface area contributed by atoms with Crippen LogP contribution < -0.4 is 4.90 Å². The molecule has 1 fully saturated rings. The lowest BCUT2D eigenvalue weighted by Crippen LogP contribution is -2.53. The van der Waals surface area contributed by atoms with Gasteiger partial charge in [-0.1, -0.05) is 30.3 Å². The minimum Gasteiger partial charge on any atom is -0.366 e. The predicted molar refractivity (Wildman–Crippen MR) is 100 cm³/mol. The fraction of sp³-hybridized carbons (Fsp3) is 0.500. The SMILES string of the molecule is Cc1cc2n(n1)[C@@H](C(F)(F)F)CCN2C(=O)[C@@H]1CN(Cc2ccccc2)CCO1. The highest BCUT2D eigenvalue weighted by molar-refractivity contribution is 5.96. The number of aromatic nitrogens is 2. The Morgan fingerprint density at radius 2 is 2.00 bits per heavy atom. The second kappa shape index (κ2) is 7.79. The first-order chi connectivity index (χ1) is 13.8. The summed E-state index contributed by atoms with van der Waals surface area (Å²) in [6.07, 6.45) is -5.33. The molecule has 0 saturated carbocycles. The molecule has 0 radical (unpaired) electrons. The highest BCUT2D eigenvalue weighted by Crippen LogP contribution is 2.39. The molecule has 1 aromatic carbocycles. The number of hydrogen-bond donors (Lipinski definition) is 0. The lowest BCUT2D eigenvalue weighted by atomic mass is 10.1. The Morgan fingerprint density at radius 3 is 2.72 bits per heavy atom. The zero-order chi connectivity index (χ0) is 20.6. The van der Waals surface area contributed by atoms with Crippen LogP contribution in [-0.4, -0.2) is 59.1 Å². The van der Waals surface area contributed by atoms with Crippen molar-refractivity contribution in [1.29, 1.82) is 0 Å². The van der Waals surface area contributed by atoms with Crippen LogP contribution in [0, 0.1) is 6.92 Å².